The first-order valence-corrected chi connectivity index (χ1v) is 11.4. The predicted octanol–water partition coefficient (Wildman–Crippen LogP) is 1.95. The lowest BCUT2D eigenvalue weighted by atomic mass is 10.1. The first-order chi connectivity index (χ1) is 15.3. The van der Waals surface area contributed by atoms with Crippen molar-refractivity contribution in [3.8, 4) is 5.75 Å². The molecule has 170 valence electrons. The number of carbonyl (C=O) groups is 2. The quantitative estimate of drug-likeness (QED) is 0.684. The van der Waals surface area contributed by atoms with Gasteiger partial charge in [0.15, 0.2) is 6.10 Å². The van der Waals surface area contributed by atoms with Crippen LogP contribution in [0.2, 0.25) is 0 Å². The van der Waals surface area contributed by atoms with Crippen molar-refractivity contribution in [2.24, 2.45) is 0 Å². The molecule has 1 unspecified atom stereocenters. The fraction of sp³-hybridized carbons (Fsp3) is 0.333. The zero-order chi connectivity index (χ0) is 22.9. The van der Waals surface area contributed by atoms with E-state index in [1.165, 1.54) is 17.0 Å². The molecule has 0 aromatic heterocycles. The van der Waals surface area contributed by atoms with E-state index in [2.05, 4.69) is 0 Å². The van der Waals surface area contributed by atoms with Crippen LogP contribution in [0.3, 0.4) is 0 Å². The van der Waals surface area contributed by atoms with E-state index in [9.17, 15) is 26.8 Å². The van der Waals surface area contributed by atoms with E-state index in [4.69, 9.17) is 9.47 Å². The second kappa shape index (κ2) is 8.83. The van der Waals surface area contributed by atoms with Gasteiger partial charge in [0, 0.05) is 18.7 Å². The Kier molecular flexibility index (Phi) is 6.11. The Balaban J connectivity index is 1.61. The number of alkyl halides is 2. The third-order valence-electron chi connectivity index (χ3n) is 5.28. The van der Waals surface area contributed by atoms with Crippen molar-refractivity contribution < 1.29 is 36.3 Å². The Morgan fingerprint density at radius 2 is 1.66 bits per heavy atom. The van der Waals surface area contributed by atoms with Crippen molar-refractivity contribution in [1.82, 2.24) is 4.90 Å². The monoisotopic (exact) mass is 466 g/mol. The smallest absolute Gasteiger partial charge is 0.341 e. The summed E-state index contributed by atoms with van der Waals surface area (Å²) in [5.74, 6) is -3.97. The summed E-state index contributed by atoms with van der Waals surface area (Å²) in [6, 6.07) is 11.0. The predicted molar refractivity (Wildman–Crippen MR) is 110 cm³/mol. The van der Waals surface area contributed by atoms with Crippen LogP contribution in [-0.2, 0) is 19.4 Å². The van der Waals surface area contributed by atoms with E-state index in [0.717, 1.165) is 12.1 Å². The Morgan fingerprint density at radius 1 is 1.00 bits per heavy atom. The molecule has 0 radical (unpaired) electrons. The van der Waals surface area contributed by atoms with Crippen LogP contribution >= 0.6 is 0 Å². The van der Waals surface area contributed by atoms with Crippen LogP contribution in [0.15, 0.2) is 53.4 Å². The van der Waals surface area contributed by atoms with Crippen molar-refractivity contribution in [3.63, 3.8) is 0 Å². The fourth-order valence-corrected chi connectivity index (χ4v) is 4.31. The molecule has 0 N–H and O–H groups in total. The molecule has 0 bridgehead atoms. The Hall–Kier alpha value is -3.05. The molecular formula is C21H20F2N2O6S. The molecule has 2 aromatic rings. The Morgan fingerprint density at radius 3 is 2.31 bits per heavy atom. The largest absolute Gasteiger partial charge is 0.476 e. The minimum Gasteiger partial charge on any atom is -0.476 e. The van der Waals surface area contributed by atoms with Gasteiger partial charge < -0.3 is 19.3 Å². The molecule has 1 atom stereocenters. The van der Waals surface area contributed by atoms with Crippen molar-refractivity contribution in [2.75, 3.05) is 37.7 Å². The summed E-state index contributed by atoms with van der Waals surface area (Å²) in [6.45, 7) is 1.64. The van der Waals surface area contributed by atoms with Crippen LogP contribution in [0.4, 0.5) is 14.5 Å². The Bertz CT molecular complexity index is 1120. The molecule has 2 aliphatic heterocycles. The van der Waals surface area contributed by atoms with Crippen molar-refractivity contribution >= 4 is 27.3 Å². The SMILES string of the molecule is O=C(C1CN(C(=O)c2ccc(S(=O)(=O)C(F)F)cc2)c2ccccc2O1)N1CCOCC1. The summed E-state index contributed by atoms with van der Waals surface area (Å²) >= 11 is 0. The molecule has 8 nitrogen and oxygen atoms in total. The normalized spacial score (nSPS) is 18.8. The molecule has 2 amide bonds. The lowest BCUT2D eigenvalue weighted by Gasteiger charge is -2.37. The van der Waals surface area contributed by atoms with E-state index in [0.29, 0.717) is 37.7 Å². The minimum absolute atomic E-state index is 0.0525. The van der Waals surface area contributed by atoms with Crippen molar-refractivity contribution in [2.45, 2.75) is 16.8 Å². The summed E-state index contributed by atoms with van der Waals surface area (Å²) in [4.78, 5) is 28.6. The molecule has 0 aliphatic carbocycles. The van der Waals surface area contributed by atoms with Crippen LogP contribution in [0.5, 0.6) is 5.75 Å². The number of halogens is 2. The highest BCUT2D eigenvalue weighted by Gasteiger charge is 2.37. The number of carbonyl (C=O) groups excluding carboxylic acids is 2. The first kappa shape index (κ1) is 22.2. The van der Waals surface area contributed by atoms with Gasteiger partial charge in [0.25, 0.3) is 11.8 Å². The maximum Gasteiger partial charge on any atom is 0.341 e. The number of morpholine rings is 1. The number of amides is 2. The highest BCUT2D eigenvalue weighted by Crippen LogP contribution is 2.34. The van der Waals surface area contributed by atoms with Gasteiger partial charge in [0.05, 0.1) is 30.3 Å². The lowest BCUT2D eigenvalue weighted by molar-refractivity contribution is -0.142. The molecule has 1 fully saturated rings. The van der Waals surface area contributed by atoms with E-state index in [1.54, 1.807) is 29.2 Å². The van der Waals surface area contributed by atoms with Gasteiger partial charge in [-0.05, 0) is 36.4 Å². The van der Waals surface area contributed by atoms with Gasteiger partial charge >= 0.3 is 5.76 Å². The van der Waals surface area contributed by atoms with Gasteiger partial charge in [-0.1, -0.05) is 12.1 Å². The third kappa shape index (κ3) is 4.17. The molecule has 2 aromatic carbocycles. The molecular weight excluding hydrogens is 446 g/mol. The number of hydrogen-bond acceptors (Lipinski definition) is 6. The van der Waals surface area contributed by atoms with Crippen LogP contribution in [0.1, 0.15) is 10.4 Å². The Labute approximate surface area is 183 Å². The summed E-state index contributed by atoms with van der Waals surface area (Å²) in [5, 5.41) is 0. The number of ether oxygens (including phenoxy) is 2. The topological polar surface area (TPSA) is 93.2 Å². The van der Waals surface area contributed by atoms with Gasteiger partial charge in [-0.15, -0.1) is 0 Å². The third-order valence-corrected chi connectivity index (χ3v) is 6.68. The number of fused-ring (bicyclic) bond motifs is 1. The van der Waals surface area contributed by atoms with Gasteiger partial charge in [-0.3, -0.25) is 9.59 Å². The second-order valence-electron chi connectivity index (χ2n) is 7.26. The van der Waals surface area contributed by atoms with Crippen LogP contribution in [0, 0.1) is 0 Å². The van der Waals surface area contributed by atoms with Gasteiger partial charge in [-0.25, -0.2) is 8.42 Å². The van der Waals surface area contributed by atoms with Crippen LogP contribution in [-0.4, -0.2) is 69.8 Å². The molecule has 1 saturated heterocycles. The summed E-state index contributed by atoms with van der Waals surface area (Å²) < 4.78 is 59.9. The summed E-state index contributed by atoms with van der Waals surface area (Å²) in [5.41, 5.74) is 0.542. The van der Waals surface area contributed by atoms with E-state index >= 15 is 0 Å². The highest BCUT2D eigenvalue weighted by molar-refractivity contribution is 7.91. The zero-order valence-corrected chi connectivity index (χ0v) is 17.6. The van der Waals surface area contributed by atoms with Crippen molar-refractivity contribution in [3.05, 3.63) is 54.1 Å². The molecule has 4 rings (SSSR count). The number of anilines is 1. The van der Waals surface area contributed by atoms with Crippen LogP contribution < -0.4 is 9.64 Å². The number of hydrogen-bond donors (Lipinski definition) is 0. The number of sulfone groups is 1. The number of nitrogens with zero attached hydrogens (tertiary/aromatic N) is 2. The minimum atomic E-state index is -4.76. The van der Waals surface area contributed by atoms with Gasteiger partial charge in [0.2, 0.25) is 9.84 Å². The summed E-state index contributed by atoms with van der Waals surface area (Å²) in [7, 11) is -4.76. The molecule has 2 heterocycles. The second-order valence-corrected chi connectivity index (χ2v) is 9.18. The molecule has 2 aliphatic rings. The van der Waals surface area contributed by atoms with Gasteiger partial charge in [-0.2, -0.15) is 8.78 Å². The molecule has 0 spiro atoms. The number of rotatable bonds is 4. The number of benzene rings is 2. The average molecular weight is 466 g/mol. The van der Waals surface area contributed by atoms with Gasteiger partial charge in [0.1, 0.15) is 5.75 Å². The lowest BCUT2D eigenvalue weighted by Crippen LogP contribution is -2.54. The highest BCUT2D eigenvalue weighted by atomic mass is 32.2. The number of para-hydroxylation sites is 2. The zero-order valence-electron chi connectivity index (χ0n) is 16.8. The maximum atomic E-state index is 13.2. The standard InChI is InChI=1S/C21H20F2N2O6S/c22-21(23)32(28,29)15-7-5-14(6-8-15)19(26)25-13-18(20(27)24-9-11-30-12-10-24)31-17-4-2-1-3-16(17)25/h1-8,18,21H,9-13H2. The molecule has 11 heteroatoms. The molecule has 0 saturated carbocycles. The first-order valence-electron chi connectivity index (χ1n) is 9.85. The van der Waals surface area contributed by atoms with E-state index < -0.39 is 32.5 Å². The molecule has 32 heavy (non-hydrogen) atoms. The van der Waals surface area contributed by atoms with Crippen LogP contribution in [0.25, 0.3) is 0 Å². The van der Waals surface area contributed by atoms with E-state index in [1.807, 2.05) is 0 Å². The fourth-order valence-electron chi connectivity index (χ4n) is 3.59. The van der Waals surface area contributed by atoms with Crippen molar-refractivity contribution in [1.29, 1.82) is 0 Å². The average Bonchev–Trinajstić information content (AvgIpc) is 2.83. The maximum absolute atomic E-state index is 13.2. The summed E-state index contributed by atoms with van der Waals surface area (Å²) in [6.07, 6.45) is -0.926. The van der Waals surface area contributed by atoms with E-state index in [-0.39, 0.29) is 18.0 Å².